The number of aryl methyl sites for hydroxylation is 1. The minimum Gasteiger partial charge on any atom is -0.316 e. The molecule has 1 aliphatic rings. The molecule has 2 heterocycles. The molecule has 0 bridgehead atoms. The van der Waals surface area contributed by atoms with Crippen molar-refractivity contribution in [2.24, 2.45) is 7.05 Å². The van der Waals surface area contributed by atoms with Crippen LogP contribution in [0, 0.1) is 0 Å². The maximum absolute atomic E-state index is 11.5. The topological polar surface area (TPSA) is 49.8 Å². The van der Waals surface area contributed by atoms with Gasteiger partial charge in [0.25, 0.3) is 5.56 Å². The van der Waals surface area contributed by atoms with Gasteiger partial charge in [-0.15, -0.1) is 0 Å². The SMILES string of the molecule is Cn1[nH]c2c(c1=O)CCNCC2. The van der Waals surface area contributed by atoms with Gasteiger partial charge in [-0.2, -0.15) is 0 Å². The van der Waals surface area contributed by atoms with E-state index in [1.807, 2.05) is 0 Å². The van der Waals surface area contributed by atoms with E-state index < -0.39 is 0 Å². The summed E-state index contributed by atoms with van der Waals surface area (Å²) in [5.41, 5.74) is 2.20. The van der Waals surface area contributed by atoms with Gasteiger partial charge in [0, 0.05) is 31.3 Å². The minimum atomic E-state index is 0.133. The Labute approximate surface area is 70.6 Å². The zero-order valence-corrected chi connectivity index (χ0v) is 7.18. The molecule has 1 aliphatic heterocycles. The quantitative estimate of drug-likeness (QED) is 0.542. The molecule has 2 N–H and O–H groups in total. The smallest absolute Gasteiger partial charge is 0.269 e. The van der Waals surface area contributed by atoms with Crippen LogP contribution in [0.5, 0.6) is 0 Å². The van der Waals surface area contributed by atoms with E-state index in [1.165, 1.54) is 0 Å². The zero-order valence-electron chi connectivity index (χ0n) is 7.18. The second-order valence-corrected chi connectivity index (χ2v) is 3.18. The van der Waals surface area contributed by atoms with Crippen molar-refractivity contribution in [3.63, 3.8) is 0 Å². The van der Waals surface area contributed by atoms with Crippen LogP contribution in [0.1, 0.15) is 11.3 Å². The molecule has 0 radical (unpaired) electrons. The molecule has 1 aromatic rings. The summed E-state index contributed by atoms with van der Waals surface area (Å²) >= 11 is 0. The van der Waals surface area contributed by atoms with E-state index in [9.17, 15) is 4.79 Å². The molecule has 4 heteroatoms. The van der Waals surface area contributed by atoms with Crippen LogP contribution >= 0.6 is 0 Å². The molecule has 0 saturated heterocycles. The number of aromatic amines is 1. The van der Waals surface area contributed by atoms with Gasteiger partial charge in [-0.05, 0) is 13.0 Å². The summed E-state index contributed by atoms with van der Waals surface area (Å²) in [7, 11) is 1.77. The van der Waals surface area contributed by atoms with E-state index in [-0.39, 0.29) is 5.56 Å². The van der Waals surface area contributed by atoms with Gasteiger partial charge < -0.3 is 5.32 Å². The molecule has 66 valence electrons. The molecule has 0 amide bonds. The van der Waals surface area contributed by atoms with Crippen LogP contribution < -0.4 is 10.9 Å². The van der Waals surface area contributed by atoms with E-state index in [2.05, 4.69) is 10.4 Å². The Balaban J connectivity index is 2.49. The third-order valence-electron chi connectivity index (χ3n) is 2.33. The first kappa shape index (κ1) is 7.61. The molecular weight excluding hydrogens is 154 g/mol. The largest absolute Gasteiger partial charge is 0.316 e. The molecule has 0 fully saturated rings. The summed E-state index contributed by atoms with van der Waals surface area (Å²) in [4.78, 5) is 11.5. The Morgan fingerprint density at radius 3 is 2.92 bits per heavy atom. The summed E-state index contributed by atoms with van der Waals surface area (Å²) in [6, 6.07) is 0. The van der Waals surface area contributed by atoms with Crippen molar-refractivity contribution < 1.29 is 0 Å². The van der Waals surface area contributed by atoms with Crippen LogP contribution in [0.2, 0.25) is 0 Å². The number of nitrogens with one attached hydrogen (secondary N) is 2. The summed E-state index contributed by atoms with van der Waals surface area (Å²) in [5, 5.41) is 6.33. The minimum absolute atomic E-state index is 0.133. The first-order valence-corrected chi connectivity index (χ1v) is 4.26. The van der Waals surface area contributed by atoms with E-state index in [4.69, 9.17) is 0 Å². The van der Waals surface area contributed by atoms with Gasteiger partial charge in [-0.1, -0.05) is 0 Å². The van der Waals surface area contributed by atoms with Crippen molar-refractivity contribution in [2.75, 3.05) is 13.1 Å². The summed E-state index contributed by atoms with van der Waals surface area (Å²) in [6.45, 7) is 1.88. The lowest BCUT2D eigenvalue weighted by Crippen LogP contribution is -2.20. The molecule has 4 nitrogen and oxygen atoms in total. The number of nitrogens with zero attached hydrogens (tertiary/aromatic N) is 1. The molecule has 0 aromatic carbocycles. The Morgan fingerprint density at radius 2 is 2.08 bits per heavy atom. The van der Waals surface area contributed by atoms with Crippen LogP contribution in [-0.4, -0.2) is 22.9 Å². The van der Waals surface area contributed by atoms with Crippen molar-refractivity contribution in [1.29, 1.82) is 0 Å². The lowest BCUT2D eigenvalue weighted by atomic mass is 10.1. The van der Waals surface area contributed by atoms with Crippen molar-refractivity contribution in [3.05, 3.63) is 21.6 Å². The molecule has 0 saturated carbocycles. The summed E-state index contributed by atoms with van der Waals surface area (Å²) in [5.74, 6) is 0. The van der Waals surface area contributed by atoms with E-state index >= 15 is 0 Å². The van der Waals surface area contributed by atoms with Crippen molar-refractivity contribution in [1.82, 2.24) is 15.1 Å². The molecule has 0 aliphatic carbocycles. The molecule has 2 rings (SSSR count). The lowest BCUT2D eigenvalue weighted by molar-refractivity contribution is 0.670. The Bertz CT molecular complexity index is 337. The van der Waals surface area contributed by atoms with Gasteiger partial charge >= 0.3 is 0 Å². The Kier molecular flexibility index (Phi) is 1.77. The third kappa shape index (κ3) is 1.08. The predicted octanol–water partition coefficient (Wildman–Crippen LogP) is -0.598. The number of fused-ring (bicyclic) bond motifs is 1. The van der Waals surface area contributed by atoms with Crippen molar-refractivity contribution in [2.45, 2.75) is 12.8 Å². The van der Waals surface area contributed by atoms with Crippen LogP contribution in [0.25, 0.3) is 0 Å². The normalized spacial score (nSPS) is 17.1. The van der Waals surface area contributed by atoms with Gasteiger partial charge in [0.2, 0.25) is 0 Å². The van der Waals surface area contributed by atoms with Gasteiger partial charge in [0.05, 0.1) is 0 Å². The number of rotatable bonds is 0. The van der Waals surface area contributed by atoms with Crippen LogP contribution in [-0.2, 0) is 19.9 Å². The maximum atomic E-state index is 11.5. The third-order valence-corrected chi connectivity index (χ3v) is 2.33. The van der Waals surface area contributed by atoms with E-state index in [0.29, 0.717) is 0 Å². The molecular formula is C8H13N3O. The molecule has 0 unspecified atom stereocenters. The van der Waals surface area contributed by atoms with Gasteiger partial charge in [-0.3, -0.25) is 14.6 Å². The fourth-order valence-corrected chi connectivity index (χ4v) is 1.67. The Morgan fingerprint density at radius 1 is 1.33 bits per heavy atom. The fraction of sp³-hybridized carbons (Fsp3) is 0.625. The van der Waals surface area contributed by atoms with Crippen molar-refractivity contribution in [3.8, 4) is 0 Å². The second-order valence-electron chi connectivity index (χ2n) is 3.18. The predicted molar refractivity (Wildman–Crippen MR) is 46.3 cm³/mol. The van der Waals surface area contributed by atoms with E-state index in [0.717, 1.165) is 37.2 Å². The highest BCUT2D eigenvalue weighted by atomic mass is 16.1. The highest BCUT2D eigenvalue weighted by Gasteiger charge is 2.13. The van der Waals surface area contributed by atoms with Crippen LogP contribution in [0.4, 0.5) is 0 Å². The van der Waals surface area contributed by atoms with Crippen molar-refractivity contribution >= 4 is 0 Å². The highest BCUT2D eigenvalue weighted by molar-refractivity contribution is 5.19. The van der Waals surface area contributed by atoms with Gasteiger partial charge in [0.1, 0.15) is 0 Å². The fourth-order valence-electron chi connectivity index (χ4n) is 1.67. The molecule has 1 aromatic heterocycles. The number of H-pyrrole nitrogens is 1. The zero-order chi connectivity index (χ0) is 8.55. The standard InChI is InChI=1S/C8H13N3O/c1-11-8(12)6-2-4-9-5-3-7(6)10-11/h9-10H,2-5H2,1H3. The van der Waals surface area contributed by atoms with Gasteiger partial charge in [0.15, 0.2) is 0 Å². The molecule has 0 spiro atoms. The molecule has 12 heavy (non-hydrogen) atoms. The number of hydrogen-bond acceptors (Lipinski definition) is 2. The first-order valence-electron chi connectivity index (χ1n) is 4.26. The second kappa shape index (κ2) is 2.79. The number of aromatic nitrogens is 2. The highest BCUT2D eigenvalue weighted by Crippen LogP contribution is 2.04. The van der Waals surface area contributed by atoms with Crippen LogP contribution in [0.3, 0.4) is 0 Å². The number of hydrogen-bond donors (Lipinski definition) is 2. The average molecular weight is 167 g/mol. The average Bonchev–Trinajstić information content (AvgIpc) is 2.30. The Hall–Kier alpha value is -1.03. The maximum Gasteiger partial charge on any atom is 0.269 e. The summed E-state index contributed by atoms with van der Waals surface area (Å²) < 4.78 is 1.57. The molecule has 0 atom stereocenters. The first-order chi connectivity index (χ1) is 5.79. The monoisotopic (exact) mass is 167 g/mol. The van der Waals surface area contributed by atoms with E-state index in [1.54, 1.807) is 11.7 Å². The van der Waals surface area contributed by atoms with Crippen LogP contribution in [0.15, 0.2) is 4.79 Å². The van der Waals surface area contributed by atoms with Gasteiger partial charge in [-0.25, -0.2) is 0 Å². The summed E-state index contributed by atoms with van der Waals surface area (Å²) in [6.07, 6.45) is 1.79. The lowest BCUT2D eigenvalue weighted by Gasteiger charge is -1.95.